The molecule has 1 aromatic carbocycles. The van der Waals surface area contributed by atoms with Crippen LogP contribution >= 0.6 is 15.9 Å². The predicted molar refractivity (Wildman–Crippen MR) is 85.9 cm³/mol. The summed E-state index contributed by atoms with van der Waals surface area (Å²) >= 11 is 3.47. The summed E-state index contributed by atoms with van der Waals surface area (Å²) in [6, 6.07) is 7.64. The van der Waals surface area contributed by atoms with E-state index in [1.165, 1.54) is 0 Å². The van der Waals surface area contributed by atoms with Crippen LogP contribution in [-0.4, -0.2) is 27.7 Å². The third-order valence-electron chi connectivity index (χ3n) is 4.16. The number of hydrogen-bond donors (Lipinski definition) is 2. The van der Waals surface area contributed by atoms with Crippen molar-refractivity contribution in [3.8, 4) is 0 Å². The second-order valence-corrected chi connectivity index (χ2v) is 6.42. The van der Waals surface area contributed by atoms with Gasteiger partial charge in [-0.1, -0.05) is 15.9 Å². The van der Waals surface area contributed by atoms with E-state index in [-0.39, 0.29) is 5.56 Å². The molecule has 3 heterocycles. The quantitative estimate of drug-likeness (QED) is 0.711. The molecule has 0 spiro atoms. The summed E-state index contributed by atoms with van der Waals surface area (Å²) in [4.78, 5) is 15.0. The first-order valence-electron chi connectivity index (χ1n) is 7.14. The van der Waals surface area contributed by atoms with E-state index in [1.54, 1.807) is 6.07 Å². The van der Waals surface area contributed by atoms with Gasteiger partial charge < -0.3 is 10.3 Å². The Morgan fingerprint density at radius 2 is 2.05 bits per heavy atom. The summed E-state index contributed by atoms with van der Waals surface area (Å²) < 4.78 is 2.90. The second-order valence-electron chi connectivity index (χ2n) is 5.50. The molecular weight excluding hydrogens is 332 g/mol. The van der Waals surface area contributed by atoms with Gasteiger partial charge in [0.2, 0.25) is 0 Å². The van der Waals surface area contributed by atoms with E-state index in [9.17, 15) is 4.79 Å². The Bertz CT molecular complexity index is 876. The standard InChI is InChI=1S/C15H15BrN4O/c16-10-1-2-11-12(7-10)19-20-13(8-14(21)18-15(11)20)9-3-5-17-6-4-9/h1-2,7-9,17H,3-6H2,(H,18,21). The molecule has 0 saturated carbocycles. The fourth-order valence-corrected chi connectivity index (χ4v) is 3.47. The first-order valence-corrected chi connectivity index (χ1v) is 7.93. The van der Waals surface area contributed by atoms with Crippen LogP contribution in [0.1, 0.15) is 24.5 Å². The Hall–Kier alpha value is -1.66. The van der Waals surface area contributed by atoms with Crippen molar-refractivity contribution in [2.45, 2.75) is 18.8 Å². The van der Waals surface area contributed by atoms with Crippen LogP contribution in [0, 0.1) is 0 Å². The van der Waals surface area contributed by atoms with E-state index in [2.05, 4.69) is 31.3 Å². The molecule has 0 amide bonds. The number of piperidine rings is 1. The highest BCUT2D eigenvalue weighted by Gasteiger charge is 2.20. The maximum absolute atomic E-state index is 12.0. The van der Waals surface area contributed by atoms with Crippen LogP contribution in [0.15, 0.2) is 33.5 Å². The summed E-state index contributed by atoms with van der Waals surface area (Å²) in [6.45, 7) is 1.98. The van der Waals surface area contributed by atoms with Crippen LogP contribution in [0.25, 0.3) is 16.6 Å². The van der Waals surface area contributed by atoms with Crippen LogP contribution in [0.3, 0.4) is 0 Å². The zero-order valence-electron chi connectivity index (χ0n) is 11.4. The minimum absolute atomic E-state index is 0.0549. The summed E-state index contributed by atoms with van der Waals surface area (Å²) in [5.41, 5.74) is 2.64. The topological polar surface area (TPSA) is 62.2 Å². The second kappa shape index (κ2) is 4.96. The number of benzene rings is 1. The predicted octanol–water partition coefficient (Wildman–Crippen LogP) is 2.41. The molecule has 2 N–H and O–H groups in total. The van der Waals surface area contributed by atoms with E-state index in [1.807, 2.05) is 22.7 Å². The number of nitrogens with zero attached hydrogens (tertiary/aromatic N) is 2. The summed E-state index contributed by atoms with van der Waals surface area (Å²) in [7, 11) is 0. The summed E-state index contributed by atoms with van der Waals surface area (Å²) in [5, 5.41) is 9.03. The number of aromatic nitrogens is 3. The van der Waals surface area contributed by atoms with E-state index < -0.39 is 0 Å². The molecule has 6 heteroatoms. The molecule has 0 radical (unpaired) electrons. The lowest BCUT2D eigenvalue weighted by Gasteiger charge is -2.23. The molecule has 0 unspecified atom stereocenters. The monoisotopic (exact) mass is 346 g/mol. The van der Waals surface area contributed by atoms with Gasteiger partial charge in [-0.25, -0.2) is 4.52 Å². The lowest BCUT2D eigenvalue weighted by molar-refractivity contribution is 0.446. The molecule has 1 saturated heterocycles. The number of H-pyrrole nitrogens is 1. The molecule has 1 fully saturated rings. The fourth-order valence-electron chi connectivity index (χ4n) is 3.12. The van der Waals surface area contributed by atoms with Gasteiger partial charge in [-0.2, -0.15) is 5.10 Å². The van der Waals surface area contributed by atoms with Crippen molar-refractivity contribution < 1.29 is 0 Å². The largest absolute Gasteiger partial charge is 0.317 e. The van der Waals surface area contributed by atoms with Gasteiger partial charge in [-0.3, -0.25) is 4.79 Å². The van der Waals surface area contributed by atoms with Crippen molar-refractivity contribution in [3.63, 3.8) is 0 Å². The zero-order chi connectivity index (χ0) is 14.4. The SMILES string of the molecule is O=c1cc(C2CCNCC2)n2nc3cc(Br)ccc3c2[nH]1. The van der Waals surface area contributed by atoms with Gasteiger partial charge in [0.25, 0.3) is 5.56 Å². The lowest BCUT2D eigenvalue weighted by Crippen LogP contribution is -2.28. The summed E-state index contributed by atoms with van der Waals surface area (Å²) in [5.74, 6) is 0.383. The van der Waals surface area contributed by atoms with Gasteiger partial charge in [-0.05, 0) is 44.1 Å². The zero-order valence-corrected chi connectivity index (χ0v) is 13.0. The first kappa shape index (κ1) is 13.0. The van der Waals surface area contributed by atoms with Crippen molar-refractivity contribution in [1.29, 1.82) is 0 Å². The molecule has 0 atom stereocenters. The number of rotatable bonds is 1. The van der Waals surface area contributed by atoms with Gasteiger partial charge in [0.15, 0.2) is 0 Å². The van der Waals surface area contributed by atoms with Gasteiger partial charge >= 0.3 is 0 Å². The van der Waals surface area contributed by atoms with Gasteiger partial charge in [0.05, 0.1) is 11.2 Å². The molecular formula is C15H15BrN4O. The highest BCUT2D eigenvalue weighted by Crippen LogP contribution is 2.27. The number of fused-ring (bicyclic) bond motifs is 3. The average molecular weight is 347 g/mol. The van der Waals surface area contributed by atoms with Gasteiger partial charge in [-0.15, -0.1) is 0 Å². The third-order valence-corrected chi connectivity index (χ3v) is 4.65. The average Bonchev–Trinajstić information content (AvgIpc) is 2.84. The Morgan fingerprint density at radius 1 is 1.24 bits per heavy atom. The van der Waals surface area contributed by atoms with Crippen molar-refractivity contribution in [3.05, 3.63) is 44.8 Å². The van der Waals surface area contributed by atoms with E-state index >= 15 is 0 Å². The maximum atomic E-state index is 12.0. The Balaban J connectivity index is 2.01. The molecule has 0 aliphatic carbocycles. The maximum Gasteiger partial charge on any atom is 0.251 e. The van der Waals surface area contributed by atoms with Crippen molar-refractivity contribution >= 4 is 32.5 Å². The normalized spacial score (nSPS) is 16.8. The van der Waals surface area contributed by atoms with Gasteiger partial charge in [0.1, 0.15) is 5.65 Å². The lowest BCUT2D eigenvalue weighted by atomic mass is 9.94. The van der Waals surface area contributed by atoms with Crippen LogP contribution in [0.5, 0.6) is 0 Å². The van der Waals surface area contributed by atoms with Gasteiger partial charge in [0, 0.05) is 21.8 Å². The Kier molecular flexibility index (Phi) is 3.08. The van der Waals surface area contributed by atoms with Crippen LogP contribution in [0.4, 0.5) is 0 Å². The van der Waals surface area contributed by atoms with Crippen molar-refractivity contribution in [1.82, 2.24) is 19.9 Å². The Morgan fingerprint density at radius 3 is 2.86 bits per heavy atom. The molecule has 5 nitrogen and oxygen atoms in total. The minimum Gasteiger partial charge on any atom is -0.317 e. The number of aromatic amines is 1. The first-order chi connectivity index (χ1) is 10.2. The molecule has 21 heavy (non-hydrogen) atoms. The van der Waals surface area contributed by atoms with Crippen molar-refractivity contribution in [2.24, 2.45) is 0 Å². The highest BCUT2D eigenvalue weighted by atomic mass is 79.9. The van der Waals surface area contributed by atoms with Crippen LogP contribution in [-0.2, 0) is 0 Å². The molecule has 108 valence electrons. The molecule has 2 aromatic heterocycles. The molecule has 1 aliphatic heterocycles. The van der Waals surface area contributed by atoms with Crippen molar-refractivity contribution in [2.75, 3.05) is 13.1 Å². The molecule has 1 aliphatic rings. The smallest absolute Gasteiger partial charge is 0.251 e. The number of hydrogen-bond acceptors (Lipinski definition) is 3. The molecule has 3 aromatic rings. The molecule has 0 bridgehead atoms. The summed E-state index contributed by atoms with van der Waals surface area (Å²) in [6.07, 6.45) is 2.08. The highest BCUT2D eigenvalue weighted by molar-refractivity contribution is 9.10. The number of halogens is 1. The fraction of sp³-hybridized carbons (Fsp3) is 0.333. The number of nitrogens with one attached hydrogen (secondary N) is 2. The van der Waals surface area contributed by atoms with Crippen LogP contribution in [0.2, 0.25) is 0 Å². The van der Waals surface area contributed by atoms with E-state index in [0.717, 1.165) is 52.6 Å². The Labute approximate surface area is 129 Å². The third kappa shape index (κ3) is 2.18. The van der Waals surface area contributed by atoms with E-state index in [4.69, 9.17) is 0 Å². The minimum atomic E-state index is -0.0549. The van der Waals surface area contributed by atoms with E-state index in [0.29, 0.717) is 5.92 Å². The molecule has 4 rings (SSSR count). The van der Waals surface area contributed by atoms with Crippen LogP contribution < -0.4 is 10.9 Å².